The Kier molecular flexibility index (Phi) is 2.31. The van der Waals surface area contributed by atoms with Crippen LogP contribution < -0.4 is 5.32 Å². The Morgan fingerprint density at radius 3 is 3.14 bits per heavy atom. The molecule has 0 spiro atoms. The van der Waals surface area contributed by atoms with Gasteiger partial charge >= 0.3 is 0 Å². The number of carbonyl (C=O) groups excluding carboxylic acids is 1. The van der Waals surface area contributed by atoms with E-state index in [2.05, 4.69) is 20.5 Å². The molecular weight excluding hydrogens is 180 g/mol. The van der Waals surface area contributed by atoms with E-state index in [1.165, 1.54) is 6.20 Å². The summed E-state index contributed by atoms with van der Waals surface area (Å²) in [4.78, 5) is 14.4. The van der Waals surface area contributed by atoms with Crippen LogP contribution in [0.15, 0.2) is 30.7 Å². The highest BCUT2D eigenvalue weighted by Crippen LogP contribution is 1.96. The molecular formula is C9H10N4O. The molecule has 0 aliphatic rings. The fraction of sp³-hybridized carbons (Fsp3) is 0.111. The third kappa shape index (κ3) is 1.82. The third-order valence-electron chi connectivity index (χ3n) is 1.86. The minimum atomic E-state index is -0.131. The summed E-state index contributed by atoms with van der Waals surface area (Å²) in [6.07, 6.45) is 4.87. The van der Waals surface area contributed by atoms with Gasteiger partial charge in [0.25, 0.3) is 5.91 Å². The molecule has 0 aliphatic carbocycles. The lowest BCUT2D eigenvalue weighted by Crippen LogP contribution is -2.22. The zero-order valence-corrected chi connectivity index (χ0v) is 7.45. The van der Waals surface area contributed by atoms with Crippen LogP contribution in [0.3, 0.4) is 0 Å². The molecule has 0 fully saturated rings. The number of aromatic nitrogens is 3. The molecule has 0 aromatic carbocycles. The molecule has 0 radical (unpaired) electrons. The smallest absolute Gasteiger partial charge is 0.254 e. The first kappa shape index (κ1) is 8.55. The van der Waals surface area contributed by atoms with Crippen molar-refractivity contribution in [3.63, 3.8) is 0 Å². The van der Waals surface area contributed by atoms with Crippen LogP contribution in [0.5, 0.6) is 0 Å². The van der Waals surface area contributed by atoms with Gasteiger partial charge in [0.05, 0.1) is 18.3 Å². The van der Waals surface area contributed by atoms with Crippen LogP contribution in [-0.2, 0) is 6.54 Å². The molecule has 0 unspecified atom stereocenters. The fourth-order valence-electron chi connectivity index (χ4n) is 1.13. The maximum atomic E-state index is 11.4. The van der Waals surface area contributed by atoms with E-state index in [0.717, 1.165) is 5.69 Å². The maximum Gasteiger partial charge on any atom is 0.254 e. The van der Waals surface area contributed by atoms with E-state index < -0.39 is 0 Å². The number of hydrogen-bond acceptors (Lipinski definition) is 2. The highest BCUT2D eigenvalue weighted by Gasteiger charge is 2.05. The van der Waals surface area contributed by atoms with Gasteiger partial charge < -0.3 is 10.3 Å². The summed E-state index contributed by atoms with van der Waals surface area (Å²) in [5, 5.41) is 9.04. The Hall–Kier alpha value is -2.04. The molecule has 2 rings (SSSR count). The highest BCUT2D eigenvalue weighted by molar-refractivity contribution is 5.93. The van der Waals surface area contributed by atoms with Gasteiger partial charge in [-0.3, -0.25) is 9.89 Å². The van der Waals surface area contributed by atoms with Gasteiger partial charge in [-0.1, -0.05) is 0 Å². The van der Waals surface area contributed by atoms with Crippen LogP contribution >= 0.6 is 0 Å². The normalized spacial score (nSPS) is 10.0. The number of hydrogen-bond donors (Lipinski definition) is 3. The molecule has 0 atom stereocenters. The first-order valence-corrected chi connectivity index (χ1v) is 4.25. The average Bonchev–Trinajstić information content (AvgIpc) is 2.87. The minimum Gasteiger partial charge on any atom is -0.364 e. The number of carbonyl (C=O) groups is 1. The van der Waals surface area contributed by atoms with Crippen molar-refractivity contribution in [2.75, 3.05) is 0 Å². The molecule has 2 aromatic heterocycles. The van der Waals surface area contributed by atoms with E-state index >= 15 is 0 Å². The quantitative estimate of drug-likeness (QED) is 0.665. The molecule has 1 amide bonds. The number of nitrogens with zero attached hydrogens (tertiary/aromatic N) is 1. The second-order valence-electron chi connectivity index (χ2n) is 2.87. The minimum absolute atomic E-state index is 0.131. The van der Waals surface area contributed by atoms with E-state index in [9.17, 15) is 4.79 Å². The highest BCUT2D eigenvalue weighted by atomic mass is 16.1. The van der Waals surface area contributed by atoms with Gasteiger partial charge in [0.2, 0.25) is 0 Å². The number of H-pyrrole nitrogens is 2. The maximum absolute atomic E-state index is 11.4. The van der Waals surface area contributed by atoms with Crippen molar-refractivity contribution in [3.8, 4) is 0 Å². The van der Waals surface area contributed by atoms with E-state index in [-0.39, 0.29) is 5.91 Å². The molecule has 0 aliphatic heterocycles. The molecule has 5 heteroatoms. The number of rotatable bonds is 3. The zero-order valence-electron chi connectivity index (χ0n) is 7.45. The molecule has 2 aromatic rings. The summed E-state index contributed by atoms with van der Waals surface area (Å²) in [6, 6.07) is 3.80. The van der Waals surface area contributed by atoms with Gasteiger partial charge in [-0.05, 0) is 12.1 Å². The zero-order chi connectivity index (χ0) is 9.80. The van der Waals surface area contributed by atoms with Crippen molar-refractivity contribution in [2.24, 2.45) is 0 Å². The predicted molar refractivity (Wildman–Crippen MR) is 50.6 cm³/mol. The topological polar surface area (TPSA) is 73.6 Å². The second kappa shape index (κ2) is 3.78. The lowest BCUT2D eigenvalue weighted by atomic mass is 10.3. The molecule has 14 heavy (non-hydrogen) atoms. The van der Waals surface area contributed by atoms with E-state index in [1.807, 2.05) is 18.3 Å². The Balaban J connectivity index is 1.90. The van der Waals surface area contributed by atoms with Crippen molar-refractivity contribution in [2.45, 2.75) is 6.54 Å². The summed E-state index contributed by atoms with van der Waals surface area (Å²) < 4.78 is 0. The van der Waals surface area contributed by atoms with E-state index in [4.69, 9.17) is 0 Å². The van der Waals surface area contributed by atoms with Gasteiger partial charge in [0, 0.05) is 18.1 Å². The van der Waals surface area contributed by atoms with Crippen molar-refractivity contribution >= 4 is 5.91 Å². The van der Waals surface area contributed by atoms with Crippen LogP contribution in [0.25, 0.3) is 0 Å². The second-order valence-corrected chi connectivity index (χ2v) is 2.87. The summed E-state index contributed by atoms with van der Waals surface area (Å²) in [6.45, 7) is 0.497. The van der Waals surface area contributed by atoms with Gasteiger partial charge in [-0.15, -0.1) is 0 Å². The number of aromatic amines is 2. The first-order valence-electron chi connectivity index (χ1n) is 4.25. The molecule has 2 heterocycles. The Bertz CT molecular complexity index is 390. The molecule has 72 valence electrons. The summed E-state index contributed by atoms with van der Waals surface area (Å²) in [7, 11) is 0. The van der Waals surface area contributed by atoms with Gasteiger partial charge in [-0.25, -0.2) is 0 Å². The van der Waals surface area contributed by atoms with Gasteiger partial charge in [0.1, 0.15) is 0 Å². The Morgan fingerprint density at radius 1 is 1.57 bits per heavy atom. The molecule has 0 saturated heterocycles. The summed E-state index contributed by atoms with van der Waals surface area (Å²) in [5.41, 5.74) is 1.51. The van der Waals surface area contributed by atoms with Crippen molar-refractivity contribution < 1.29 is 4.79 Å². The van der Waals surface area contributed by atoms with E-state index in [1.54, 1.807) is 6.20 Å². The third-order valence-corrected chi connectivity index (χ3v) is 1.86. The number of nitrogens with one attached hydrogen (secondary N) is 3. The van der Waals surface area contributed by atoms with E-state index in [0.29, 0.717) is 12.1 Å². The van der Waals surface area contributed by atoms with Crippen LogP contribution in [0.1, 0.15) is 16.1 Å². The van der Waals surface area contributed by atoms with Crippen molar-refractivity contribution in [3.05, 3.63) is 42.0 Å². The fourth-order valence-corrected chi connectivity index (χ4v) is 1.13. The first-order chi connectivity index (χ1) is 6.86. The van der Waals surface area contributed by atoms with Crippen LogP contribution in [-0.4, -0.2) is 21.1 Å². The lowest BCUT2D eigenvalue weighted by Gasteiger charge is -2.00. The van der Waals surface area contributed by atoms with Crippen LogP contribution in [0.4, 0.5) is 0 Å². The van der Waals surface area contributed by atoms with Crippen molar-refractivity contribution in [1.29, 1.82) is 0 Å². The molecule has 3 N–H and O–H groups in total. The van der Waals surface area contributed by atoms with Crippen LogP contribution in [0.2, 0.25) is 0 Å². The van der Waals surface area contributed by atoms with Gasteiger partial charge in [-0.2, -0.15) is 5.10 Å². The molecule has 0 saturated carbocycles. The lowest BCUT2D eigenvalue weighted by molar-refractivity contribution is 0.0950. The standard InChI is InChI=1S/C9H10N4O/c14-9(7-4-12-13-5-7)11-6-8-2-1-3-10-8/h1-5,10H,6H2,(H,11,14)(H,12,13). The SMILES string of the molecule is O=C(NCc1ccc[nH]1)c1cn[nH]c1. The summed E-state index contributed by atoms with van der Waals surface area (Å²) >= 11 is 0. The molecule has 5 nitrogen and oxygen atoms in total. The van der Waals surface area contributed by atoms with Gasteiger partial charge in [0.15, 0.2) is 0 Å². The van der Waals surface area contributed by atoms with Crippen LogP contribution in [0, 0.1) is 0 Å². The van der Waals surface area contributed by atoms with Crippen molar-refractivity contribution in [1.82, 2.24) is 20.5 Å². The number of amides is 1. The predicted octanol–water partition coefficient (Wildman–Crippen LogP) is 0.668. The molecule has 0 bridgehead atoms. The monoisotopic (exact) mass is 190 g/mol. The summed E-state index contributed by atoms with van der Waals surface area (Å²) in [5.74, 6) is -0.131. The Morgan fingerprint density at radius 2 is 2.50 bits per heavy atom. The Labute approximate surface area is 80.5 Å². The largest absolute Gasteiger partial charge is 0.364 e. The average molecular weight is 190 g/mol.